The van der Waals surface area contributed by atoms with E-state index in [1.165, 1.54) is 11.6 Å². The van der Waals surface area contributed by atoms with Crippen molar-refractivity contribution in [3.63, 3.8) is 0 Å². The van der Waals surface area contributed by atoms with E-state index in [0.29, 0.717) is 17.7 Å². The van der Waals surface area contributed by atoms with Crippen LogP contribution < -0.4 is 10.1 Å². The summed E-state index contributed by atoms with van der Waals surface area (Å²) >= 11 is 0. The highest BCUT2D eigenvalue weighted by molar-refractivity contribution is 5.36. The lowest BCUT2D eigenvalue weighted by atomic mass is 10.0. The van der Waals surface area contributed by atoms with Gasteiger partial charge in [0, 0.05) is 18.2 Å². The molecule has 0 saturated carbocycles. The van der Waals surface area contributed by atoms with Crippen molar-refractivity contribution in [2.24, 2.45) is 0 Å². The van der Waals surface area contributed by atoms with Gasteiger partial charge in [-0.15, -0.1) is 0 Å². The standard InChI is InChI=1S/C19H25NO4/c1-13(9-14-3-6-17(24-2)7-4-14)20-11-19(23)15-5-8-18(22)16(10-15)12-21/h3-8,10,13,19-23H,9,11-12H2,1-2H3/t13?,19-/m1/s1. The van der Waals surface area contributed by atoms with Crippen molar-refractivity contribution in [1.82, 2.24) is 5.32 Å². The van der Waals surface area contributed by atoms with Gasteiger partial charge in [-0.1, -0.05) is 18.2 Å². The molecule has 0 aliphatic carbocycles. The molecule has 0 bridgehead atoms. The Bertz CT molecular complexity index is 642. The molecule has 1 unspecified atom stereocenters. The number of benzene rings is 2. The normalized spacial score (nSPS) is 13.5. The first kappa shape index (κ1) is 18.3. The molecule has 24 heavy (non-hydrogen) atoms. The van der Waals surface area contributed by atoms with E-state index in [4.69, 9.17) is 4.74 Å². The Balaban J connectivity index is 1.87. The van der Waals surface area contributed by atoms with E-state index in [1.807, 2.05) is 24.3 Å². The smallest absolute Gasteiger partial charge is 0.121 e. The first-order valence-corrected chi connectivity index (χ1v) is 8.00. The second-order valence-electron chi connectivity index (χ2n) is 5.92. The molecule has 0 spiro atoms. The van der Waals surface area contributed by atoms with Crippen molar-refractivity contribution in [1.29, 1.82) is 0 Å². The van der Waals surface area contributed by atoms with Gasteiger partial charge in [0.2, 0.25) is 0 Å². The van der Waals surface area contributed by atoms with Crippen molar-refractivity contribution in [2.75, 3.05) is 13.7 Å². The van der Waals surface area contributed by atoms with Gasteiger partial charge in [-0.2, -0.15) is 0 Å². The molecule has 130 valence electrons. The highest BCUT2D eigenvalue weighted by Crippen LogP contribution is 2.22. The summed E-state index contributed by atoms with van der Waals surface area (Å²) in [4.78, 5) is 0. The van der Waals surface area contributed by atoms with Gasteiger partial charge in [-0.3, -0.25) is 0 Å². The van der Waals surface area contributed by atoms with Crippen LogP contribution >= 0.6 is 0 Å². The maximum Gasteiger partial charge on any atom is 0.121 e. The number of aliphatic hydroxyl groups excluding tert-OH is 2. The van der Waals surface area contributed by atoms with Gasteiger partial charge < -0.3 is 25.4 Å². The van der Waals surface area contributed by atoms with Crippen LogP contribution in [0.4, 0.5) is 0 Å². The van der Waals surface area contributed by atoms with Crippen LogP contribution in [0.25, 0.3) is 0 Å². The van der Waals surface area contributed by atoms with Crippen molar-refractivity contribution >= 4 is 0 Å². The summed E-state index contributed by atoms with van der Waals surface area (Å²) in [5.41, 5.74) is 2.27. The Kier molecular flexibility index (Phi) is 6.61. The number of rotatable bonds is 8. The molecule has 0 saturated heterocycles. The van der Waals surface area contributed by atoms with Crippen LogP contribution in [0.15, 0.2) is 42.5 Å². The van der Waals surface area contributed by atoms with Crippen LogP contribution in [0.1, 0.15) is 29.7 Å². The first-order chi connectivity index (χ1) is 11.5. The molecule has 0 aliphatic rings. The number of aromatic hydroxyl groups is 1. The van der Waals surface area contributed by atoms with Crippen LogP contribution in [-0.2, 0) is 13.0 Å². The number of methoxy groups -OCH3 is 1. The zero-order valence-corrected chi connectivity index (χ0v) is 14.1. The quantitative estimate of drug-likeness (QED) is 0.596. The third-order valence-electron chi connectivity index (χ3n) is 4.02. The monoisotopic (exact) mass is 331 g/mol. The fourth-order valence-corrected chi connectivity index (χ4v) is 2.56. The Labute approximate surface area is 142 Å². The van der Waals surface area contributed by atoms with Crippen LogP contribution in [0.5, 0.6) is 11.5 Å². The highest BCUT2D eigenvalue weighted by Gasteiger charge is 2.12. The number of hydrogen-bond acceptors (Lipinski definition) is 5. The minimum atomic E-state index is -0.700. The molecular weight excluding hydrogens is 306 g/mol. The SMILES string of the molecule is COc1ccc(CC(C)NC[C@@H](O)c2ccc(O)c(CO)c2)cc1. The van der Waals surface area contributed by atoms with E-state index >= 15 is 0 Å². The van der Waals surface area contributed by atoms with Gasteiger partial charge in [0.1, 0.15) is 11.5 Å². The highest BCUT2D eigenvalue weighted by atomic mass is 16.5. The summed E-state index contributed by atoms with van der Waals surface area (Å²) in [6.45, 7) is 2.20. The predicted octanol–water partition coefficient (Wildman–Crippen LogP) is 2.15. The van der Waals surface area contributed by atoms with Crippen LogP contribution in [0, 0.1) is 0 Å². The fourth-order valence-electron chi connectivity index (χ4n) is 2.56. The lowest BCUT2D eigenvalue weighted by molar-refractivity contribution is 0.170. The summed E-state index contributed by atoms with van der Waals surface area (Å²) in [6.07, 6.45) is 0.142. The Morgan fingerprint density at radius 3 is 2.46 bits per heavy atom. The maximum atomic E-state index is 10.3. The number of hydrogen-bond donors (Lipinski definition) is 4. The van der Waals surface area contributed by atoms with Gasteiger partial charge in [-0.25, -0.2) is 0 Å². The first-order valence-electron chi connectivity index (χ1n) is 8.00. The second-order valence-corrected chi connectivity index (χ2v) is 5.92. The molecule has 0 radical (unpaired) electrons. The van der Waals surface area contributed by atoms with E-state index in [1.54, 1.807) is 19.2 Å². The molecule has 0 fully saturated rings. The summed E-state index contributed by atoms with van der Waals surface area (Å²) in [6, 6.07) is 12.9. The molecule has 0 aromatic heterocycles. The van der Waals surface area contributed by atoms with E-state index in [-0.39, 0.29) is 18.4 Å². The molecule has 5 heteroatoms. The Hall–Kier alpha value is -2.08. The Morgan fingerprint density at radius 2 is 1.83 bits per heavy atom. The van der Waals surface area contributed by atoms with E-state index < -0.39 is 6.10 Å². The number of ether oxygens (including phenoxy) is 1. The van der Waals surface area contributed by atoms with Crippen LogP contribution in [-0.4, -0.2) is 35.0 Å². The molecule has 2 aromatic rings. The lowest BCUT2D eigenvalue weighted by Crippen LogP contribution is -2.32. The summed E-state index contributed by atoms with van der Waals surface area (Å²) < 4.78 is 5.15. The minimum absolute atomic E-state index is 0.0364. The van der Waals surface area contributed by atoms with Gasteiger partial charge in [0.25, 0.3) is 0 Å². The van der Waals surface area contributed by atoms with Gasteiger partial charge >= 0.3 is 0 Å². The zero-order chi connectivity index (χ0) is 17.5. The zero-order valence-electron chi connectivity index (χ0n) is 14.1. The van der Waals surface area contributed by atoms with Gasteiger partial charge in [-0.05, 0) is 48.7 Å². The third-order valence-corrected chi connectivity index (χ3v) is 4.02. The average molecular weight is 331 g/mol. The summed E-state index contributed by atoms with van der Waals surface area (Å²) in [5.74, 6) is 0.871. The molecular formula is C19H25NO4. The molecule has 5 nitrogen and oxygen atoms in total. The predicted molar refractivity (Wildman–Crippen MR) is 93.2 cm³/mol. The van der Waals surface area contributed by atoms with Crippen LogP contribution in [0.2, 0.25) is 0 Å². The van der Waals surface area contributed by atoms with Crippen molar-refractivity contribution in [3.8, 4) is 11.5 Å². The summed E-state index contributed by atoms with van der Waals surface area (Å²) in [5, 5.41) is 32.3. The number of phenols is 1. The lowest BCUT2D eigenvalue weighted by Gasteiger charge is -2.18. The molecule has 0 aliphatic heterocycles. The van der Waals surface area contributed by atoms with Gasteiger partial charge in [0.05, 0.1) is 19.8 Å². The topological polar surface area (TPSA) is 82.0 Å². The average Bonchev–Trinajstić information content (AvgIpc) is 2.60. The number of nitrogens with one attached hydrogen (secondary N) is 1. The molecule has 4 N–H and O–H groups in total. The minimum Gasteiger partial charge on any atom is -0.508 e. The van der Waals surface area contributed by atoms with E-state index in [9.17, 15) is 15.3 Å². The molecule has 2 aromatic carbocycles. The summed E-state index contributed by atoms with van der Waals surface area (Å²) in [7, 11) is 1.64. The van der Waals surface area contributed by atoms with Crippen molar-refractivity contribution < 1.29 is 20.1 Å². The second kappa shape index (κ2) is 8.68. The third kappa shape index (κ3) is 4.96. The van der Waals surface area contributed by atoms with Crippen LogP contribution in [0.3, 0.4) is 0 Å². The van der Waals surface area contributed by atoms with Gasteiger partial charge in [0.15, 0.2) is 0 Å². The van der Waals surface area contributed by atoms with Crippen molar-refractivity contribution in [2.45, 2.75) is 32.1 Å². The van der Waals surface area contributed by atoms with E-state index in [2.05, 4.69) is 12.2 Å². The fraction of sp³-hybridized carbons (Fsp3) is 0.368. The largest absolute Gasteiger partial charge is 0.508 e. The molecule has 0 heterocycles. The van der Waals surface area contributed by atoms with E-state index in [0.717, 1.165) is 12.2 Å². The molecule has 0 amide bonds. The molecule has 2 atom stereocenters. The molecule has 2 rings (SSSR count). The van der Waals surface area contributed by atoms with Crippen molar-refractivity contribution in [3.05, 3.63) is 59.2 Å². The maximum absolute atomic E-state index is 10.3. The Morgan fingerprint density at radius 1 is 1.12 bits per heavy atom. The number of aliphatic hydroxyl groups is 2.